The SMILES string of the molecule is Cc1ccc(F)c(CCCN)c1. The van der Waals surface area contributed by atoms with Gasteiger partial charge in [-0.2, -0.15) is 0 Å². The van der Waals surface area contributed by atoms with Crippen LogP contribution in [0.5, 0.6) is 0 Å². The van der Waals surface area contributed by atoms with Crippen molar-refractivity contribution in [3.8, 4) is 0 Å². The molecule has 0 heterocycles. The zero-order chi connectivity index (χ0) is 8.97. The molecular formula is C10H14FN. The number of hydrogen-bond donors (Lipinski definition) is 1. The number of hydrogen-bond acceptors (Lipinski definition) is 1. The highest BCUT2D eigenvalue weighted by molar-refractivity contribution is 5.24. The fourth-order valence-corrected chi connectivity index (χ4v) is 1.19. The van der Waals surface area contributed by atoms with Gasteiger partial charge in [-0.25, -0.2) is 4.39 Å². The third-order valence-electron chi connectivity index (χ3n) is 1.85. The molecule has 2 heteroatoms. The summed E-state index contributed by atoms with van der Waals surface area (Å²) in [7, 11) is 0. The molecule has 0 radical (unpaired) electrons. The zero-order valence-corrected chi connectivity index (χ0v) is 7.31. The summed E-state index contributed by atoms with van der Waals surface area (Å²) in [5.41, 5.74) is 7.22. The Morgan fingerprint density at radius 2 is 2.17 bits per heavy atom. The smallest absolute Gasteiger partial charge is 0.126 e. The van der Waals surface area contributed by atoms with Crippen molar-refractivity contribution in [3.63, 3.8) is 0 Å². The van der Waals surface area contributed by atoms with Crippen molar-refractivity contribution in [2.45, 2.75) is 19.8 Å². The van der Waals surface area contributed by atoms with Gasteiger partial charge in [-0.1, -0.05) is 17.7 Å². The van der Waals surface area contributed by atoms with Gasteiger partial charge in [-0.15, -0.1) is 0 Å². The minimum absolute atomic E-state index is 0.117. The molecule has 0 unspecified atom stereocenters. The molecule has 0 spiro atoms. The summed E-state index contributed by atoms with van der Waals surface area (Å²) in [4.78, 5) is 0. The van der Waals surface area contributed by atoms with E-state index in [0.717, 1.165) is 24.0 Å². The van der Waals surface area contributed by atoms with Crippen LogP contribution >= 0.6 is 0 Å². The molecule has 0 bridgehead atoms. The summed E-state index contributed by atoms with van der Waals surface area (Å²) in [6.45, 7) is 2.58. The van der Waals surface area contributed by atoms with Gasteiger partial charge in [0, 0.05) is 0 Å². The van der Waals surface area contributed by atoms with E-state index in [-0.39, 0.29) is 5.82 Å². The average molecular weight is 167 g/mol. The molecule has 0 aliphatic rings. The third kappa shape index (κ3) is 2.31. The van der Waals surface area contributed by atoms with Crippen LogP contribution < -0.4 is 5.73 Å². The zero-order valence-electron chi connectivity index (χ0n) is 7.31. The van der Waals surface area contributed by atoms with Crippen molar-refractivity contribution in [2.24, 2.45) is 5.73 Å². The number of rotatable bonds is 3. The first-order valence-corrected chi connectivity index (χ1v) is 4.19. The second-order valence-corrected chi connectivity index (χ2v) is 2.99. The van der Waals surface area contributed by atoms with Gasteiger partial charge < -0.3 is 5.73 Å². The lowest BCUT2D eigenvalue weighted by atomic mass is 10.1. The van der Waals surface area contributed by atoms with Crippen molar-refractivity contribution in [2.75, 3.05) is 6.54 Å². The molecule has 1 aromatic carbocycles. The van der Waals surface area contributed by atoms with Crippen LogP contribution in [0.3, 0.4) is 0 Å². The fraction of sp³-hybridized carbons (Fsp3) is 0.400. The monoisotopic (exact) mass is 167 g/mol. The van der Waals surface area contributed by atoms with Crippen LogP contribution in [0.1, 0.15) is 17.5 Å². The Labute approximate surface area is 72.4 Å². The van der Waals surface area contributed by atoms with Gasteiger partial charge in [0.25, 0.3) is 0 Å². The van der Waals surface area contributed by atoms with Crippen molar-refractivity contribution in [3.05, 3.63) is 35.1 Å². The van der Waals surface area contributed by atoms with E-state index in [1.807, 2.05) is 13.0 Å². The van der Waals surface area contributed by atoms with Crippen molar-refractivity contribution in [1.82, 2.24) is 0 Å². The largest absolute Gasteiger partial charge is 0.330 e. The van der Waals surface area contributed by atoms with Crippen molar-refractivity contribution < 1.29 is 4.39 Å². The molecule has 0 saturated carbocycles. The van der Waals surface area contributed by atoms with Gasteiger partial charge >= 0.3 is 0 Å². The molecule has 0 fully saturated rings. The van der Waals surface area contributed by atoms with Crippen LogP contribution in [0.2, 0.25) is 0 Å². The molecule has 0 amide bonds. The molecule has 12 heavy (non-hydrogen) atoms. The maximum Gasteiger partial charge on any atom is 0.126 e. The third-order valence-corrected chi connectivity index (χ3v) is 1.85. The second-order valence-electron chi connectivity index (χ2n) is 2.99. The Morgan fingerprint density at radius 1 is 1.42 bits per heavy atom. The summed E-state index contributed by atoms with van der Waals surface area (Å²) >= 11 is 0. The fourth-order valence-electron chi connectivity index (χ4n) is 1.19. The number of halogens is 1. The van der Waals surface area contributed by atoms with Crippen LogP contribution in [0, 0.1) is 12.7 Å². The van der Waals surface area contributed by atoms with Crippen molar-refractivity contribution in [1.29, 1.82) is 0 Å². The van der Waals surface area contributed by atoms with Crippen LogP contribution in [0.4, 0.5) is 4.39 Å². The van der Waals surface area contributed by atoms with Crippen LogP contribution in [-0.2, 0) is 6.42 Å². The van der Waals surface area contributed by atoms with Gasteiger partial charge in [0.15, 0.2) is 0 Å². The Morgan fingerprint density at radius 3 is 2.83 bits per heavy atom. The average Bonchev–Trinajstić information content (AvgIpc) is 2.07. The summed E-state index contributed by atoms with van der Waals surface area (Å²) in [6.07, 6.45) is 1.59. The predicted octanol–water partition coefficient (Wildman–Crippen LogP) is 2.03. The lowest BCUT2D eigenvalue weighted by Gasteiger charge is -2.02. The summed E-state index contributed by atoms with van der Waals surface area (Å²) in [5, 5.41) is 0. The van der Waals surface area contributed by atoms with E-state index in [1.54, 1.807) is 6.07 Å². The molecule has 0 atom stereocenters. The van der Waals surface area contributed by atoms with E-state index >= 15 is 0 Å². The van der Waals surface area contributed by atoms with Crippen molar-refractivity contribution >= 4 is 0 Å². The molecule has 0 saturated heterocycles. The lowest BCUT2D eigenvalue weighted by molar-refractivity contribution is 0.604. The molecule has 2 N–H and O–H groups in total. The second kappa shape index (κ2) is 4.21. The molecule has 0 aliphatic heterocycles. The van der Waals surface area contributed by atoms with Crippen LogP contribution in [0.25, 0.3) is 0 Å². The highest BCUT2D eigenvalue weighted by Crippen LogP contribution is 2.11. The summed E-state index contributed by atoms with van der Waals surface area (Å²) < 4.78 is 13.1. The molecule has 1 aromatic rings. The molecule has 1 rings (SSSR count). The molecular weight excluding hydrogens is 153 g/mol. The number of aryl methyl sites for hydroxylation is 2. The van der Waals surface area contributed by atoms with Gasteiger partial charge in [0.1, 0.15) is 5.82 Å². The van der Waals surface area contributed by atoms with E-state index in [9.17, 15) is 4.39 Å². The van der Waals surface area contributed by atoms with E-state index in [4.69, 9.17) is 5.73 Å². The van der Waals surface area contributed by atoms with E-state index in [1.165, 1.54) is 6.07 Å². The van der Waals surface area contributed by atoms with E-state index in [0.29, 0.717) is 6.54 Å². The van der Waals surface area contributed by atoms with Gasteiger partial charge in [0.2, 0.25) is 0 Å². The first kappa shape index (κ1) is 9.20. The highest BCUT2D eigenvalue weighted by atomic mass is 19.1. The highest BCUT2D eigenvalue weighted by Gasteiger charge is 2.00. The predicted molar refractivity (Wildman–Crippen MR) is 48.5 cm³/mol. The minimum Gasteiger partial charge on any atom is -0.330 e. The Hall–Kier alpha value is -0.890. The van der Waals surface area contributed by atoms with E-state index < -0.39 is 0 Å². The summed E-state index contributed by atoms with van der Waals surface area (Å²) in [5.74, 6) is -0.117. The number of benzene rings is 1. The van der Waals surface area contributed by atoms with Crippen LogP contribution in [-0.4, -0.2) is 6.54 Å². The molecule has 0 aliphatic carbocycles. The lowest BCUT2D eigenvalue weighted by Crippen LogP contribution is -2.01. The maximum absolute atomic E-state index is 13.1. The molecule has 66 valence electrons. The Balaban J connectivity index is 2.75. The van der Waals surface area contributed by atoms with Gasteiger partial charge in [-0.05, 0) is 37.9 Å². The summed E-state index contributed by atoms with van der Waals surface area (Å²) in [6, 6.07) is 5.17. The van der Waals surface area contributed by atoms with Gasteiger partial charge in [-0.3, -0.25) is 0 Å². The molecule has 0 aromatic heterocycles. The Bertz CT molecular complexity index is 258. The van der Waals surface area contributed by atoms with Crippen LogP contribution in [0.15, 0.2) is 18.2 Å². The van der Waals surface area contributed by atoms with Gasteiger partial charge in [0.05, 0.1) is 0 Å². The molecule has 1 nitrogen and oxygen atoms in total. The number of nitrogens with two attached hydrogens (primary N) is 1. The maximum atomic E-state index is 13.1. The topological polar surface area (TPSA) is 26.0 Å². The quantitative estimate of drug-likeness (QED) is 0.732. The first-order chi connectivity index (χ1) is 5.74. The van der Waals surface area contributed by atoms with E-state index in [2.05, 4.69) is 0 Å². The Kier molecular flexibility index (Phi) is 3.23. The standard InChI is InChI=1S/C10H14FN/c1-8-4-5-10(11)9(7-8)3-2-6-12/h4-5,7H,2-3,6,12H2,1H3. The normalized spacial score (nSPS) is 10.2. The first-order valence-electron chi connectivity index (χ1n) is 4.19. The minimum atomic E-state index is -0.117.